The van der Waals surface area contributed by atoms with Gasteiger partial charge in [-0.3, -0.25) is 0 Å². The van der Waals surface area contributed by atoms with E-state index >= 15 is 0 Å². The maximum atomic E-state index is 12.7. The molecule has 0 spiro atoms. The lowest BCUT2D eigenvalue weighted by atomic mass is 10.0. The fourth-order valence-corrected chi connectivity index (χ4v) is 2.40. The minimum Gasteiger partial charge on any atom is -0.363 e. The highest BCUT2D eigenvalue weighted by Crippen LogP contribution is 2.33. The van der Waals surface area contributed by atoms with Crippen molar-refractivity contribution >= 4 is 17.4 Å². The first-order valence-corrected chi connectivity index (χ1v) is 5.73. The lowest BCUT2D eigenvalue weighted by molar-refractivity contribution is 0.536. The van der Waals surface area contributed by atoms with Gasteiger partial charge in [-0.15, -0.1) is 11.6 Å². The third-order valence-electron chi connectivity index (χ3n) is 2.94. The summed E-state index contributed by atoms with van der Waals surface area (Å²) < 4.78 is 12.7. The number of pyridine rings is 1. The normalized spacial score (nSPS) is 19.1. The van der Waals surface area contributed by atoms with Crippen LogP contribution in [0.3, 0.4) is 0 Å². The fraction of sp³-hybridized carbons (Fsp3) is 0.545. The lowest BCUT2D eigenvalue weighted by Crippen LogP contribution is -2.37. The van der Waals surface area contributed by atoms with Gasteiger partial charge in [0.15, 0.2) is 0 Å². The summed E-state index contributed by atoms with van der Waals surface area (Å²) in [5, 5.41) is 3.32. The first kappa shape index (κ1) is 10.7. The van der Waals surface area contributed by atoms with Gasteiger partial charge in [-0.1, -0.05) is 12.8 Å². The van der Waals surface area contributed by atoms with Crippen molar-refractivity contribution in [2.45, 2.75) is 31.2 Å². The minimum absolute atomic E-state index is 0.0353. The second-order valence-corrected chi connectivity index (χ2v) is 4.37. The second-order valence-electron chi connectivity index (χ2n) is 4.11. The molecule has 1 aliphatic carbocycles. The molecule has 1 fully saturated rings. The minimum atomic E-state index is -0.313. The van der Waals surface area contributed by atoms with Gasteiger partial charge in [0.1, 0.15) is 11.6 Å². The van der Waals surface area contributed by atoms with Crippen molar-refractivity contribution in [3.8, 4) is 0 Å². The molecular weight excluding hydrogens is 215 g/mol. The molecule has 0 saturated heterocycles. The van der Waals surface area contributed by atoms with Crippen LogP contribution in [0.5, 0.6) is 0 Å². The van der Waals surface area contributed by atoms with Crippen molar-refractivity contribution in [2.24, 2.45) is 0 Å². The predicted octanol–water partition coefficient (Wildman–Crippen LogP) is 3.18. The molecule has 2 rings (SSSR count). The molecule has 0 radical (unpaired) electrons. The summed E-state index contributed by atoms with van der Waals surface area (Å²) in [4.78, 5) is 3.99. The van der Waals surface area contributed by atoms with E-state index in [1.54, 1.807) is 6.07 Å². The summed E-state index contributed by atoms with van der Waals surface area (Å²) in [5.74, 6) is 0.970. The van der Waals surface area contributed by atoms with Crippen molar-refractivity contribution in [1.29, 1.82) is 0 Å². The quantitative estimate of drug-likeness (QED) is 0.804. The number of hydrogen-bond acceptors (Lipinski definition) is 2. The SMILES string of the molecule is Fc1ccc(NC2(CCl)CCCC2)nc1. The summed E-state index contributed by atoms with van der Waals surface area (Å²) >= 11 is 5.98. The van der Waals surface area contributed by atoms with E-state index in [-0.39, 0.29) is 11.4 Å². The number of halogens is 2. The molecule has 0 bridgehead atoms. The van der Waals surface area contributed by atoms with E-state index in [1.165, 1.54) is 25.1 Å². The molecule has 82 valence electrons. The maximum absolute atomic E-state index is 12.7. The van der Waals surface area contributed by atoms with Crippen molar-refractivity contribution in [3.05, 3.63) is 24.1 Å². The van der Waals surface area contributed by atoms with Crippen LogP contribution in [0.4, 0.5) is 10.2 Å². The smallest absolute Gasteiger partial charge is 0.141 e. The Balaban J connectivity index is 2.09. The predicted molar refractivity (Wildman–Crippen MR) is 59.7 cm³/mol. The van der Waals surface area contributed by atoms with Gasteiger partial charge in [-0.2, -0.15) is 0 Å². The van der Waals surface area contributed by atoms with Crippen molar-refractivity contribution < 1.29 is 4.39 Å². The number of alkyl halides is 1. The third-order valence-corrected chi connectivity index (χ3v) is 3.45. The molecule has 2 nitrogen and oxygen atoms in total. The van der Waals surface area contributed by atoms with E-state index in [0.717, 1.165) is 12.8 Å². The van der Waals surface area contributed by atoms with Gasteiger partial charge in [-0.05, 0) is 25.0 Å². The highest BCUT2D eigenvalue weighted by Gasteiger charge is 2.32. The van der Waals surface area contributed by atoms with Crippen LogP contribution in [0, 0.1) is 5.82 Å². The van der Waals surface area contributed by atoms with Crippen LogP contribution in [0.25, 0.3) is 0 Å². The molecule has 0 atom stereocenters. The Labute approximate surface area is 93.9 Å². The highest BCUT2D eigenvalue weighted by atomic mass is 35.5. The first-order valence-electron chi connectivity index (χ1n) is 5.20. The first-order chi connectivity index (χ1) is 7.24. The molecule has 0 aliphatic heterocycles. The monoisotopic (exact) mass is 228 g/mol. The van der Waals surface area contributed by atoms with E-state index in [9.17, 15) is 4.39 Å². The van der Waals surface area contributed by atoms with Gasteiger partial charge in [0.2, 0.25) is 0 Å². The zero-order valence-corrected chi connectivity index (χ0v) is 9.23. The van der Waals surface area contributed by atoms with Crippen LogP contribution < -0.4 is 5.32 Å². The molecule has 1 aromatic heterocycles. The van der Waals surface area contributed by atoms with E-state index in [2.05, 4.69) is 10.3 Å². The Morgan fingerprint density at radius 3 is 2.67 bits per heavy atom. The summed E-state index contributed by atoms with van der Waals surface area (Å²) in [6, 6.07) is 3.06. The average molecular weight is 229 g/mol. The molecule has 4 heteroatoms. The Morgan fingerprint density at radius 1 is 1.40 bits per heavy atom. The van der Waals surface area contributed by atoms with Gasteiger partial charge in [-0.25, -0.2) is 9.37 Å². The second kappa shape index (κ2) is 4.35. The third kappa shape index (κ3) is 2.40. The van der Waals surface area contributed by atoms with Gasteiger partial charge < -0.3 is 5.32 Å². The molecule has 15 heavy (non-hydrogen) atoms. The van der Waals surface area contributed by atoms with Crippen LogP contribution in [-0.4, -0.2) is 16.4 Å². The number of aromatic nitrogens is 1. The Kier molecular flexibility index (Phi) is 3.10. The molecule has 1 saturated carbocycles. The summed E-state index contributed by atoms with van der Waals surface area (Å²) in [6.07, 6.45) is 5.74. The van der Waals surface area contributed by atoms with Crippen LogP contribution >= 0.6 is 11.6 Å². The number of hydrogen-bond donors (Lipinski definition) is 1. The standard InChI is InChI=1S/C11H14ClFN2/c12-8-11(5-1-2-6-11)15-10-4-3-9(13)7-14-10/h3-4,7H,1-2,5-6,8H2,(H,14,15). The van der Waals surface area contributed by atoms with Gasteiger partial charge >= 0.3 is 0 Å². The van der Waals surface area contributed by atoms with E-state index in [0.29, 0.717) is 11.7 Å². The summed E-state index contributed by atoms with van der Waals surface area (Å²) in [5.41, 5.74) is -0.0353. The topological polar surface area (TPSA) is 24.9 Å². The van der Waals surface area contributed by atoms with Crippen LogP contribution in [0.15, 0.2) is 18.3 Å². The Bertz CT molecular complexity index is 320. The number of nitrogens with one attached hydrogen (secondary N) is 1. The Morgan fingerprint density at radius 2 is 2.13 bits per heavy atom. The van der Waals surface area contributed by atoms with Gasteiger partial charge in [0.05, 0.1) is 11.7 Å². The van der Waals surface area contributed by atoms with Gasteiger partial charge in [0.25, 0.3) is 0 Å². The molecule has 1 N–H and O–H groups in total. The highest BCUT2D eigenvalue weighted by molar-refractivity contribution is 6.18. The molecule has 0 aromatic carbocycles. The van der Waals surface area contributed by atoms with E-state index < -0.39 is 0 Å². The zero-order valence-electron chi connectivity index (χ0n) is 8.47. The molecule has 1 aliphatic rings. The molecule has 0 amide bonds. The van der Waals surface area contributed by atoms with Crippen LogP contribution in [0.1, 0.15) is 25.7 Å². The van der Waals surface area contributed by atoms with Crippen molar-refractivity contribution in [3.63, 3.8) is 0 Å². The largest absolute Gasteiger partial charge is 0.363 e. The molecule has 0 unspecified atom stereocenters. The molecular formula is C11H14ClFN2. The molecule has 1 aromatic rings. The Hall–Kier alpha value is -0.830. The van der Waals surface area contributed by atoms with Crippen LogP contribution in [-0.2, 0) is 0 Å². The fourth-order valence-electron chi connectivity index (χ4n) is 2.07. The lowest BCUT2D eigenvalue weighted by Gasteiger charge is -2.28. The summed E-state index contributed by atoms with van der Waals surface area (Å²) in [6.45, 7) is 0. The number of nitrogens with zero attached hydrogens (tertiary/aromatic N) is 1. The van der Waals surface area contributed by atoms with Crippen molar-refractivity contribution in [1.82, 2.24) is 4.98 Å². The van der Waals surface area contributed by atoms with E-state index in [4.69, 9.17) is 11.6 Å². The maximum Gasteiger partial charge on any atom is 0.141 e. The molecule has 1 heterocycles. The van der Waals surface area contributed by atoms with E-state index in [1.807, 2.05) is 0 Å². The van der Waals surface area contributed by atoms with Gasteiger partial charge in [0, 0.05) is 5.88 Å². The number of rotatable bonds is 3. The number of anilines is 1. The average Bonchev–Trinajstić information content (AvgIpc) is 2.71. The zero-order chi connectivity index (χ0) is 10.7. The summed E-state index contributed by atoms with van der Waals surface area (Å²) in [7, 11) is 0. The van der Waals surface area contributed by atoms with Crippen LogP contribution in [0.2, 0.25) is 0 Å². The van der Waals surface area contributed by atoms with Crippen molar-refractivity contribution in [2.75, 3.05) is 11.2 Å².